The summed E-state index contributed by atoms with van der Waals surface area (Å²) in [5, 5.41) is 4.01. The molecular formula is C8H15ClN4. The number of aryl methyl sites for hydroxylation is 1. The first-order valence-electron chi connectivity index (χ1n) is 4.39. The van der Waals surface area contributed by atoms with Crippen LogP contribution in [0, 0.1) is 0 Å². The molecule has 0 aromatic carbocycles. The van der Waals surface area contributed by atoms with Crippen molar-refractivity contribution in [2.45, 2.75) is 13.5 Å². The summed E-state index contributed by atoms with van der Waals surface area (Å²) in [6.45, 7) is 4.81. The van der Waals surface area contributed by atoms with Gasteiger partial charge in [-0.2, -0.15) is 5.10 Å². The van der Waals surface area contributed by atoms with Crippen molar-refractivity contribution in [3.05, 3.63) is 12.2 Å². The summed E-state index contributed by atoms with van der Waals surface area (Å²) in [7, 11) is 1.90. The molecule has 1 aromatic rings. The minimum atomic E-state index is 0.658. The van der Waals surface area contributed by atoms with Gasteiger partial charge < -0.3 is 0 Å². The van der Waals surface area contributed by atoms with Crippen LogP contribution < -0.4 is 0 Å². The summed E-state index contributed by atoms with van der Waals surface area (Å²) in [5.41, 5.74) is 0. The Morgan fingerprint density at radius 2 is 2.38 bits per heavy atom. The van der Waals surface area contributed by atoms with Gasteiger partial charge in [0.2, 0.25) is 0 Å². The standard InChI is InChI=1S/C8H15ClN4/c1-3-13(5-4-9)6-8-10-7-11-12(8)2/h7H,3-6H2,1-2H3. The van der Waals surface area contributed by atoms with Gasteiger partial charge in [-0.25, -0.2) is 4.98 Å². The third-order valence-electron chi connectivity index (χ3n) is 2.02. The highest BCUT2D eigenvalue weighted by Crippen LogP contribution is 1.99. The van der Waals surface area contributed by atoms with Crippen molar-refractivity contribution >= 4 is 11.6 Å². The van der Waals surface area contributed by atoms with Crippen LogP contribution in [0.25, 0.3) is 0 Å². The van der Waals surface area contributed by atoms with Crippen LogP contribution in [0.2, 0.25) is 0 Å². The molecule has 4 nitrogen and oxygen atoms in total. The molecule has 0 amide bonds. The number of halogens is 1. The van der Waals surface area contributed by atoms with Crippen molar-refractivity contribution < 1.29 is 0 Å². The number of aromatic nitrogens is 3. The highest BCUT2D eigenvalue weighted by Gasteiger charge is 2.06. The van der Waals surface area contributed by atoms with Crippen LogP contribution in [0.15, 0.2) is 6.33 Å². The van der Waals surface area contributed by atoms with Gasteiger partial charge in [-0.15, -0.1) is 11.6 Å². The van der Waals surface area contributed by atoms with E-state index in [1.165, 1.54) is 0 Å². The molecule has 0 unspecified atom stereocenters. The van der Waals surface area contributed by atoms with Crippen molar-refractivity contribution in [2.24, 2.45) is 7.05 Å². The number of hydrogen-bond acceptors (Lipinski definition) is 3. The summed E-state index contributed by atoms with van der Waals surface area (Å²) in [4.78, 5) is 6.39. The molecular weight excluding hydrogens is 188 g/mol. The fourth-order valence-electron chi connectivity index (χ4n) is 1.13. The Morgan fingerprint density at radius 1 is 1.62 bits per heavy atom. The first kappa shape index (κ1) is 10.5. The van der Waals surface area contributed by atoms with Crippen LogP contribution in [0.3, 0.4) is 0 Å². The fourth-order valence-corrected chi connectivity index (χ4v) is 1.37. The number of alkyl halides is 1. The van der Waals surface area contributed by atoms with Crippen molar-refractivity contribution in [3.8, 4) is 0 Å². The zero-order valence-corrected chi connectivity index (χ0v) is 8.83. The van der Waals surface area contributed by atoms with E-state index < -0.39 is 0 Å². The molecule has 0 aliphatic heterocycles. The van der Waals surface area contributed by atoms with Crippen LogP contribution in [0.4, 0.5) is 0 Å². The Hall–Kier alpha value is -0.610. The largest absolute Gasteiger partial charge is 0.295 e. The van der Waals surface area contributed by atoms with E-state index in [9.17, 15) is 0 Å². The lowest BCUT2D eigenvalue weighted by molar-refractivity contribution is 0.285. The second kappa shape index (κ2) is 5.19. The van der Waals surface area contributed by atoms with Gasteiger partial charge in [0.25, 0.3) is 0 Å². The Kier molecular flexibility index (Phi) is 4.18. The third-order valence-corrected chi connectivity index (χ3v) is 2.19. The normalized spacial score (nSPS) is 11.1. The molecule has 0 spiro atoms. The zero-order valence-electron chi connectivity index (χ0n) is 8.07. The summed E-state index contributed by atoms with van der Waals surface area (Å²) in [5.74, 6) is 1.64. The zero-order chi connectivity index (χ0) is 9.68. The highest BCUT2D eigenvalue weighted by molar-refractivity contribution is 6.18. The lowest BCUT2D eigenvalue weighted by Gasteiger charge is -2.17. The Balaban J connectivity index is 2.51. The Bertz CT molecular complexity index is 248. The molecule has 74 valence electrons. The maximum absolute atomic E-state index is 5.67. The van der Waals surface area contributed by atoms with Gasteiger partial charge in [0.1, 0.15) is 12.2 Å². The molecule has 0 saturated heterocycles. The van der Waals surface area contributed by atoms with E-state index in [2.05, 4.69) is 21.9 Å². The van der Waals surface area contributed by atoms with Crippen LogP contribution in [-0.2, 0) is 13.6 Å². The lowest BCUT2D eigenvalue weighted by Crippen LogP contribution is -2.26. The van der Waals surface area contributed by atoms with Crippen molar-refractivity contribution in [1.82, 2.24) is 19.7 Å². The quantitative estimate of drug-likeness (QED) is 0.665. The van der Waals surface area contributed by atoms with Gasteiger partial charge >= 0.3 is 0 Å². The van der Waals surface area contributed by atoms with E-state index in [-0.39, 0.29) is 0 Å². The monoisotopic (exact) mass is 202 g/mol. The fraction of sp³-hybridized carbons (Fsp3) is 0.750. The number of nitrogens with zero attached hydrogens (tertiary/aromatic N) is 4. The maximum atomic E-state index is 5.67. The SMILES string of the molecule is CCN(CCCl)Cc1ncnn1C. The van der Waals surface area contributed by atoms with Crippen molar-refractivity contribution in [2.75, 3.05) is 19.0 Å². The Labute approximate surface area is 83.5 Å². The molecule has 13 heavy (non-hydrogen) atoms. The minimum absolute atomic E-state index is 0.658. The van der Waals surface area contributed by atoms with Crippen LogP contribution in [-0.4, -0.2) is 38.6 Å². The van der Waals surface area contributed by atoms with Crippen molar-refractivity contribution in [1.29, 1.82) is 0 Å². The van der Waals surface area contributed by atoms with E-state index in [1.807, 2.05) is 7.05 Å². The van der Waals surface area contributed by atoms with Gasteiger partial charge in [-0.1, -0.05) is 6.92 Å². The molecule has 0 atom stereocenters. The molecule has 0 saturated carbocycles. The first-order chi connectivity index (χ1) is 6.27. The summed E-state index contributed by atoms with van der Waals surface area (Å²) in [6.07, 6.45) is 1.57. The predicted octanol–water partition coefficient (Wildman–Crippen LogP) is 0.876. The number of rotatable bonds is 5. The Morgan fingerprint density at radius 3 is 2.85 bits per heavy atom. The van der Waals surface area contributed by atoms with Crippen LogP contribution in [0.1, 0.15) is 12.7 Å². The van der Waals surface area contributed by atoms with Gasteiger partial charge in [0, 0.05) is 19.5 Å². The summed E-state index contributed by atoms with van der Waals surface area (Å²) < 4.78 is 1.79. The second-order valence-electron chi connectivity index (χ2n) is 2.86. The lowest BCUT2D eigenvalue weighted by atomic mass is 10.4. The molecule has 0 radical (unpaired) electrons. The molecule has 0 aliphatic carbocycles. The van der Waals surface area contributed by atoms with Gasteiger partial charge in [-0.3, -0.25) is 9.58 Å². The number of hydrogen-bond donors (Lipinski definition) is 0. The van der Waals surface area contributed by atoms with Gasteiger partial charge in [0.05, 0.1) is 6.54 Å². The third kappa shape index (κ3) is 2.97. The predicted molar refractivity (Wildman–Crippen MR) is 52.7 cm³/mol. The molecule has 1 rings (SSSR count). The van der Waals surface area contributed by atoms with E-state index in [0.717, 1.165) is 25.5 Å². The first-order valence-corrected chi connectivity index (χ1v) is 4.92. The van der Waals surface area contributed by atoms with E-state index >= 15 is 0 Å². The molecule has 0 aliphatic rings. The van der Waals surface area contributed by atoms with E-state index in [1.54, 1.807) is 11.0 Å². The van der Waals surface area contributed by atoms with Crippen molar-refractivity contribution in [3.63, 3.8) is 0 Å². The molecule has 1 aromatic heterocycles. The van der Waals surface area contributed by atoms with Gasteiger partial charge in [0.15, 0.2) is 0 Å². The summed E-state index contributed by atoms with van der Waals surface area (Å²) >= 11 is 5.67. The van der Waals surface area contributed by atoms with E-state index in [4.69, 9.17) is 11.6 Å². The van der Waals surface area contributed by atoms with Crippen LogP contribution in [0.5, 0.6) is 0 Å². The van der Waals surface area contributed by atoms with Gasteiger partial charge in [-0.05, 0) is 6.54 Å². The second-order valence-corrected chi connectivity index (χ2v) is 3.24. The van der Waals surface area contributed by atoms with Crippen LogP contribution >= 0.6 is 11.6 Å². The summed E-state index contributed by atoms with van der Waals surface area (Å²) in [6, 6.07) is 0. The topological polar surface area (TPSA) is 34.0 Å². The average molecular weight is 203 g/mol. The maximum Gasteiger partial charge on any atom is 0.140 e. The minimum Gasteiger partial charge on any atom is -0.295 e. The molecule has 0 N–H and O–H groups in total. The molecule has 5 heteroatoms. The average Bonchev–Trinajstić information content (AvgIpc) is 2.51. The van der Waals surface area contributed by atoms with E-state index in [0.29, 0.717) is 5.88 Å². The smallest absolute Gasteiger partial charge is 0.140 e. The highest BCUT2D eigenvalue weighted by atomic mass is 35.5. The molecule has 0 bridgehead atoms. The molecule has 1 heterocycles. The molecule has 0 fully saturated rings.